The lowest BCUT2D eigenvalue weighted by Gasteiger charge is -2.10. The predicted octanol–water partition coefficient (Wildman–Crippen LogP) is 3.62. The van der Waals surface area contributed by atoms with E-state index in [2.05, 4.69) is 4.74 Å². The molecule has 0 aliphatic heterocycles. The number of rotatable bonds is 6. The average molecular weight is 380 g/mol. The monoisotopic (exact) mass is 379 g/mol. The van der Waals surface area contributed by atoms with Crippen molar-refractivity contribution in [2.75, 3.05) is 0 Å². The molecule has 0 N–H and O–H groups in total. The number of benzene rings is 2. The van der Waals surface area contributed by atoms with E-state index in [1.165, 1.54) is 0 Å². The molecule has 7 nitrogen and oxygen atoms in total. The molecule has 128 valence electrons. The molecule has 11 heteroatoms. The van der Waals surface area contributed by atoms with Crippen LogP contribution < -0.4 is 8.92 Å². The van der Waals surface area contributed by atoms with Crippen LogP contribution >= 0.6 is 11.6 Å². The van der Waals surface area contributed by atoms with Gasteiger partial charge in [-0.2, -0.15) is 17.2 Å². The molecule has 2 aromatic carbocycles. The predicted molar refractivity (Wildman–Crippen MR) is 79.0 cm³/mol. The van der Waals surface area contributed by atoms with Gasteiger partial charge in [-0.3, -0.25) is 10.1 Å². The van der Waals surface area contributed by atoms with Gasteiger partial charge in [0.1, 0.15) is 16.4 Å². The Morgan fingerprint density at radius 1 is 1.12 bits per heavy atom. The molecule has 0 heterocycles. The van der Waals surface area contributed by atoms with E-state index in [0.717, 1.165) is 42.5 Å². The van der Waals surface area contributed by atoms with Crippen LogP contribution in [0.5, 0.6) is 11.5 Å². The first kappa shape index (κ1) is 17.9. The third kappa shape index (κ3) is 4.30. The van der Waals surface area contributed by atoms with Gasteiger partial charge in [0, 0.05) is 12.1 Å². The molecule has 24 heavy (non-hydrogen) atoms. The fourth-order valence-electron chi connectivity index (χ4n) is 1.63. The Balaban J connectivity index is 2.23. The maximum Gasteiger partial charge on any atom is 0.387 e. The second kappa shape index (κ2) is 6.97. The summed E-state index contributed by atoms with van der Waals surface area (Å²) in [7, 11) is -4.31. The van der Waals surface area contributed by atoms with Crippen molar-refractivity contribution in [1.82, 2.24) is 0 Å². The van der Waals surface area contributed by atoms with Gasteiger partial charge in [-0.15, -0.1) is 0 Å². The van der Waals surface area contributed by atoms with Gasteiger partial charge in [-0.05, 0) is 30.3 Å². The molecule has 0 saturated heterocycles. The summed E-state index contributed by atoms with van der Waals surface area (Å²) in [5.41, 5.74) is -0.240. The Labute approximate surface area is 139 Å². The molecule has 0 aliphatic rings. The number of hydrogen-bond acceptors (Lipinski definition) is 6. The van der Waals surface area contributed by atoms with Crippen molar-refractivity contribution in [3.05, 3.63) is 57.6 Å². The lowest BCUT2D eigenvalue weighted by atomic mass is 10.3. The summed E-state index contributed by atoms with van der Waals surface area (Å²) in [5, 5.41) is 10.2. The zero-order chi connectivity index (χ0) is 17.9. The van der Waals surface area contributed by atoms with Crippen molar-refractivity contribution in [1.29, 1.82) is 0 Å². The quantitative estimate of drug-likeness (QED) is 0.432. The second-order valence-corrected chi connectivity index (χ2v) is 6.21. The lowest BCUT2D eigenvalue weighted by molar-refractivity contribution is -0.384. The van der Waals surface area contributed by atoms with Crippen molar-refractivity contribution < 1.29 is 31.0 Å². The number of ether oxygens (including phenoxy) is 1. The van der Waals surface area contributed by atoms with E-state index >= 15 is 0 Å². The van der Waals surface area contributed by atoms with E-state index in [1.807, 2.05) is 0 Å². The number of alkyl halides is 2. The number of nitro benzene ring substituents is 1. The van der Waals surface area contributed by atoms with Crippen LogP contribution in [0, 0.1) is 10.1 Å². The first-order valence-electron chi connectivity index (χ1n) is 6.12. The molecule has 0 aromatic heterocycles. The summed E-state index contributed by atoms with van der Waals surface area (Å²) in [6.45, 7) is -3.11. The lowest BCUT2D eigenvalue weighted by Crippen LogP contribution is -2.10. The topological polar surface area (TPSA) is 95.7 Å². The fraction of sp³-hybridized carbons (Fsp3) is 0.0769. The first-order valence-corrected chi connectivity index (χ1v) is 7.91. The highest BCUT2D eigenvalue weighted by molar-refractivity contribution is 7.87. The standard InChI is InChI=1S/C13H8ClF2NO6S/c14-11-7-10(5-6-12(11)22-13(15)16)24(20,21)23-9-3-1-8(2-4-9)17(18)19/h1-7,13H. The first-order chi connectivity index (χ1) is 11.2. The van der Waals surface area contributed by atoms with Crippen LogP contribution in [0.15, 0.2) is 47.4 Å². The Morgan fingerprint density at radius 3 is 2.25 bits per heavy atom. The van der Waals surface area contributed by atoms with Crippen molar-refractivity contribution in [3.63, 3.8) is 0 Å². The van der Waals surface area contributed by atoms with Crippen LogP contribution in [0.2, 0.25) is 5.02 Å². The average Bonchev–Trinajstić information content (AvgIpc) is 2.49. The molecule has 0 aliphatic carbocycles. The van der Waals surface area contributed by atoms with Crippen LogP contribution in [0.3, 0.4) is 0 Å². The number of nitrogens with zero attached hydrogens (tertiary/aromatic N) is 1. The fourth-order valence-corrected chi connectivity index (χ4v) is 2.87. The van der Waals surface area contributed by atoms with Crippen LogP contribution in [-0.2, 0) is 10.1 Å². The van der Waals surface area contributed by atoms with Crippen LogP contribution in [0.25, 0.3) is 0 Å². The Bertz CT molecular complexity index is 857. The molecule has 2 rings (SSSR count). The van der Waals surface area contributed by atoms with E-state index in [4.69, 9.17) is 15.8 Å². The third-order valence-corrected chi connectivity index (χ3v) is 4.20. The molecule has 0 fully saturated rings. The second-order valence-electron chi connectivity index (χ2n) is 4.26. The largest absolute Gasteiger partial charge is 0.433 e. The van der Waals surface area contributed by atoms with Crippen molar-refractivity contribution in [2.24, 2.45) is 0 Å². The van der Waals surface area contributed by atoms with Crippen molar-refractivity contribution >= 4 is 27.4 Å². The van der Waals surface area contributed by atoms with Gasteiger partial charge in [0.2, 0.25) is 0 Å². The highest BCUT2D eigenvalue weighted by Gasteiger charge is 2.20. The molecular formula is C13H8ClF2NO6S. The summed E-state index contributed by atoms with van der Waals surface area (Å²) in [5.74, 6) is -0.550. The van der Waals surface area contributed by atoms with Gasteiger partial charge in [0.05, 0.1) is 9.95 Å². The minimum absolute atomic E-state index is 0.162. The summed E-state index contributed by atoms with van der Waals surface area (Å²) >= 11 is 5.68. The van der Waals surface area contributed by atoms with E-state index in [0.29, 0.717) is 0 Å². The zero-order valence-electron chi connectivity index (χ0n) is 11.6. The van der Waals surface area contributed by atoms with E-state index in [9.17, 15) is 27.3 Å². The third-order valence-electron chi connectivity index (χ3n) is 2.66. The Morgan fingerprint density at radius 2 is 1.75 bits per heavy atom. The smallest absolute Gasteiger partial charge is 0.387 e. The van der Waals surface area contributed by atoms with Crippen molar-refractivity contribution in [2.45, 2.75) is 11.5 Å². The SMILES string of the molecule is O=[N+]([O-])c1ccc(OS(=O)(=O)c2ccc(OC(F)F)c(Cl)c2)cc1. The van der Waals surface area contributed by atoms with E-state index in [1.54, 1.807) is 0 Å². The van der Waals surface area contributed by atoms with Crippen LogP contribution in [-0.4, -0.2) is 20.0 Å². The maximum absolute atomic E-state index is 12.1. The number of halogens is 3. The highest BCUT2D eigenvalue weighted by atomic mass is 35.5. The molecule has 0 unspecified atom stereocenters. The normalized spacial score (nSPS) is 11.3. The molecule has 0 atom stereocenters. The molecule has 0 saturated carbocycles. The Kier molecular flexibility index (Phi) is 5.20. The number of non-ortho nitro benzene ring substituents is 1. The van der Waals surface area contributed by atoms with E-state index in [-0.39, 0.29) is 22.2 Å². The van der Waals surface area contributed by atoms with E-state index < -0.39 is 26.5 Å². The van der Waals surface area contributed by atoms with Gasteiger partial charge in [-0.1, -0.05) is 11.6 Å². The highest BCUT2D eigenvalue weighted by Crippen LogP contribution is 2.30. The summed E-state index contributed by atoms with van der Waals surface area (Å²) < 4.78 is 57.4. The minimum atomic E-state index is -4.31. The van der Waals surface area contributed by atoms with Crippen molar-refractivity contribution in [3.8, 4) is 11.5 Å². The summed E-state index contributed by atoms with van der Waals surface area (Å²) in [6.07, 6.45) is 0. The number of hydrogen-bond donors (Lipinski definition) is 0. The van der Waals surface area contributed by atoms with Crippen LogP contribution in [0.1, 0.15) is 0 Å². The summed E-state index contributed by atoms with van der Waals surface area (Å²) in [6, 6.07) is 7.16. The zero-order valence-corrected chi connectivity index (χ0v) is 13.1. The maximum atomic E-state index is 12.1. The molecule has 0 spiro atoms. The molecule has 0 amide bonds. The molecule has 0 bridgehead atoms. The van der Waals surface area contributed by atoms with Gasteiger partial charge in [-0.25, -0.2) is 0 Å². The van der Waals surface area contributed by atoms with Gasteiger partial charge < -0.3 is 8.92 Å². The van der Waals surface area contributed by atoms with Crippen LogP contribution in [0.4, 0.5) is 14.5 Å². The van der Waals surface area contributed by atoms with Gasteiger partial charge in [0.25, 0.3) is 5.69 Å². The summed E-state index contributed by atoms with van der Waals surface area (Å²) in [4.78, 5) is 9.48. The number of nitro groups is 1. The molecule has 0 radical (unpaired) electrons. The van der Waals surface area contributed by atoms with Gasteiger partial charge >= 0.3 is 16.7 Å². The minimum Gasteiger partial charge on any atom is -0.433 e. The Hall–Kier alpha value is -2.46. The molecule has 2 aromatic rings. The molecular weight excluding hydrogens is 372 g/mol. The van der Waals surface area contributed by atoms with Gasteiger partial charge in [0.15, 0.2) is 0 Å².